The Morgan fingerprint density at radius 3 is 2.00 bits per heavy atom. The van der Waals surface area contributed by atoms with E-state index in [1.165, 1.54) is 38.1 Å². The molecule has 1 aliphatic rings. The Hall–Kier alpha value is -2.04. The second-order valence-corrected chi connectivity index (χ2v) is 4.36. The molecular weight excluding hydrogens is 224 g/mol. The summed E-state index contributed by atoms with van der Waals surface area (Å²) in [5, 5.41) is 9.13. The van der Waals surface area contributed by atoms with Crippen molar-refractivity contribution in [2.24, 2.45) is 5.41 Å². The summed E-state index contributed by atoms with van der Waals surface area (Å²) in [6.45, 7) is 2.90. The van der Waals surface area contributed by atoms with Crippen LogP contribution in [0.1, 0.15) is 25.7 Å². The maximum Gasteiger partial charge on any atom is 0.326 e. The van der Waals surface area contributed by atoms with E-state index in [9.17, 15) is 9.59 Å². The molecule has 1 aliphatic heterocycles. The second-order valence-electron chi connectivity index (χ2n) is 4.36. The Balaban J connectivity index is 2.23. The highest BCUT2D eigenvalue weighted by Crippen LogP contribution is 2.33. The third-order valence-corrected chi connectivity index (χ3v) is 2.61. The number of aromatic hydroxyl groups is 1. The van der Waals surface area contributed by atoms with Crippen LogP contribution in [0, 0.1) is 5.41 Å². The van der Waals surface area contributed by atoms with Gasteiger partial charge in [0.05, 0.1) is 0 Å². The van der Waals surface area contributed by atoms with Crippen LogP contribution in [-0.4, -0.2) is 17.0 Å². The van der Waals surface area contributed by atoms with E-state index in [0.29, 0.717) is 5.56 Å². The zero-order chi connectivity index (χ0) is 12.6. The van der Waals surface area contributed by atoms with Crippen molar-refractivity contribution in [3.63, 3.8) is 0 Å². The van der Waals surface area contributed by atoms with E-state index in [1.54, 1.807) is 0 Å². The standard InChI is InChI=1S/C12H12O5/c1-12(2)10(14)16-9(17-11(12)15)7-3-5-8(13)6-4-7/h3-6,9,13H,1-2H3. The van der Waals surface area contributed by atoms with Crippen LogP contribution in [0.4, 0.5) is 0 Å². The maximum atomic E-state index is 11.6. The summed E-state index contributed by atoms with van der Waals surface area (Å²) >= 11 is 0. The van der Waals surface area contributed by atoms with Crippen LogP contribution < -0.4 is 0 Å². The summed E-state index contributed by atoms with van der Waals surface area (Å²) in [5.41, 5.74) is -0.770. The van der Waals surface area contributed by atoms with Gasteiger partial charge >= 0.3 is 11.9 Å². The number of benzene rings is 1. The quantitative estimate of drug-likeness (QED) is 0.591. The number of carbonyl (C=O) groups excluding carboxylic acids is 2. The molecule has 90 valence electrons. The molecule has 5 heteroatoms. The van der Waals surface area contributed by atoms with E-state index in [-0.39, 0.29) is 5.75 Å². The Kier molecular flexibility index (Phi) is 2.53. The molecule has 1 saturated heterocycles. The van der Waals surface area contributed by atoms with Gasteiger partial charge < -0.3 is 14.6 Å². The number of hydrogen-bond donors (Lipinski definition) is 1. The van der Waals surface area contributed by atoms with Gasteiger partial charge in [0.25, 0.3) is 6.29 Å². The van der Waals surface area contributed by atoms with Crippen LogP contribution in [0.15, 0.2) is 24.3 Å². The van der Waals surface area contributed by atoms with E-state index in [0.717, 1.165) is 0 Å². The zero-order valence-electron chi connectivity index (χ0n) is 9.47. The fourth-order valence-corrected chi connectivity index (χ4v) is 1.36. The number of phenolic OH excluding ortho intramolecular Hbond substituents is 1. The average molecular weight is 236 g/mol. The van der Waals surface area contributed by atoms with Gasteiger partial charge in [-0.05, 0) is 38.1 Å². The van der Waals surface area contributed by atoms with Crippen molar-refractivity contribution in [3.05, 3.63) is 29.8 Å². The number of phenols is 1. The normalized spacial score (nSPS) is 19.6. The predicted octanol–water partition coefficient (Wildman–Crippen LogP) is 1.52. The first kappa shape index (κ1) is 11.4. The van der Waals surface area contributed by atoms with Crippen LogP contribution in [0.2, 0.25) is 0 Å². The number of hydrogen-bond acceptors (Lipinski definition) is 5. The SMILES string of the molecule is CC1(C)C(=O)OC(c2ccc(O)cc2)OC1=O. The maximum absolute atomic E-state index is 11.6. The lowest BCUT2D eigenvalue weighted by Crippen LogP contribution is -2.43. The molecule has 0 radical (unpaired) electrons. The topological polar surface area (TPSA) is 72.8 Å². The van der Waals surface area contributed by atoms with Crippen LogP contribution in [0.3, 0.4) is 0 Å². The van der Waals surface area contributed by atoms with Crippen molar-refractivity contribution < 1.29 is 24.2 Å². The van der Waals surface area contributed by atoms with Crippen LogP contribution in [-0.2, 0) is 19.1 Å². The molecule has 1 fully saturated rings. The first-order valence-corrected chi connectivity index (χ1v) is 5.12. The Morgan fingerprint density at radius 2 is 1.53 bits per heavy atom. The zero-order valence-corrected chi connectivity index (χ0v) is 9.47. The number of esters is 2. The molecule has 1 heterocycles. The van der Waals surface area contributed by atoms with Gasteiger partial charge in [0.1, 0.15) is 5.75 Å². The smallest absolute Gasteiger partial charge is 0.326 e. The third kappa shape index (κ3) is 1.95. The van der Waals surface area contributed by atoms with Crippen LogP contribution >= 0.6 is 0 Å². The van der Waals surface area contributed by atoms with Crippen molar-refractivity contribution in [3.8, 4) is 5.75 Å². The average Bonchev–Trinajstić information content (AvgIpc) is 2.27. The molecule has 1 N–H and O–H groups in total. The van der Waals surface area contributed by atoms with Crippen LogP contribution in [0.5, 0.6) is 5.75 Å². The minimum atomic E-state index is -1.27. The Morgan fingerprint density at radius 1 is 1.06 bits per heavy atom. The first-order chi connectivity index (χ1) is 7.91. The number of rotatable bonds is 1. The lowest BCUT2D eigenvalue weighted by molar-refractivity contribution is -0.222. The van der Waals surface area contributed by atoms with Crippen molar-refractivity contribution >= 4 is 11.9 Å². The molecule has 0 unspecified atom stereocenters. The molecular formula is C12H12O5. The molecule has 0 saturated carbocycles. The van der Waals surface area contributed by atoms with E-state index in [4.69, 9.17) is 14.6 Å². The molecule has 17 heavy (non-hydrogen) atoms. The van der Waals surface area contributed by atoms with E-state index < -0.39 is 23.6 Å². The molecule has 1 aromatic rings. The molecule has 5 nitrogen and oxygen atoms in total. The van der Waals surface area contributed by atoms with Gasteiger partial charge in [-0.2, -0.15) is 0 Å². The van der Waals surface area contributed by atoms with Crippen molar-refractivity contribution in [2.75, 3.05) is 0 Å². The first-order valence-electron chi connectivity index (χ1n) is 5.12. The summed E-state index contributed by atoms with van der Waals surface area (Å²) in [4.78, 5) is 23.2. The molecule has 2 rings (SSSR count). The molecule has 0 aromatic heterocycles. The van der Waals surface area contributed by atoms with Gasteiger partial charge in [0.15, 0.2) is 5.41 Å². The monoisotopic (exact) mass is 236 g/mol. The Bertz CT molecular complexity index is 440. The number of cyclic esters (lactones) is 2. The third-order valence-electron chi connectivity index (χ3n) is 2.61. The highest BCUT2D eigenvalue weighted by atomic mass is 16.7. The minimum absolute atomic E-state index is 0.0857. The van der Waals surface area contributed by atoms with Gasteiger partial charge in [0.2, 0.25) is 0 Å². The highest BCUT2D eigenvalue weighted by molar-refractivity contribution is 6.00. The Labute approximate surface area is 98.0 Å². The predicted molar refractivity (Wildman–Crippen MR) is 56.8 cm³/mol. The summed E-state index contributed by atoms with van der Waals surface area (Å²) in [7, 11) is 0. The van der Waals surface area contributed by atoms with Crippen molar-refractivity contribution in [1.82, 2.24) is 0 Å². The fourth-order valence-electron chi connectivity index (χ4n) is 1.36. The molecule has 0 spiro atoms. The fraction of sp³-hybridized carbons (Fsp3) is 0.333. The number of ether oxygens (including phenoxy) is 2. The van der Waals surface area contributed by atoms with E-state index >= 15 is 0 Å². The molecule has 1 aromatic carbocycles. The molecule has 0 bridgehead atoms. The molecule has 0 aliphatic carbocycles. The van der Waals surface area contributed by atoms with Crippen molar-refractivity contribution in [2.45, 2.75) is 20.1 Å². The largest absolute Gasteiger partial charge is 0.508 e. The van der Waals surface area contributed by atoms with Gasteiger partial charge in [-0.3, -0.25) is 9.59 Å². The van der Waals surface area contributed by atoms with Gasteiger partial charge in [0, 0.05) is 5.56 Å². The summed E-state index contributed by atoms with van der Waals surface area (Å²) < 4.78 is 10.1. The molecule has 0 amide bonds. The van der Waals surface area contributed by atoms with Gasteiger partial charge in [-0.15, -0.1) is 0 Å². The van der Waals surface area contributed by atoms with Crippen molar-refractivity contribution in [1.29, 1.82) is 0 Å². The van der Waals surface area contributed by atoms with E-state index in [1.807, 2.05) is 0 Å². The highest BCUT2D eigenvalue weighted by Gasteiger charge is 2.46. The summed E-state index contributed by atoms with van der Waals surface area (Å²) in [6, 6.07) is 5.91. The molecule has 0 atom stereocenters. The van der Waals surface area contributed by atoms with Crippen LogP contribution in [0.25, 0.3) is 0 Å². The van der Waals surface area contributed by atoms with Gasteiger partial charge in [-0.1, -0.05) is 0 Å². The lowest BCUT2D eigenvalue weighted by atomic mass is 9.93. The number of carbonyl (C=O) groups is 2. The summed E-state index contributed by atoms with van der Waals surface area (Å²) in [5.74, 6) is -1.15. The lowest BCUT2D eigenvalue weighted by Gasteiger charge is -2.31. The second kappa shape index (κ2) is 3.76. The van der Waals surface area contributed by atoms with E-state index in [2.05, 4.69) is 0 Å². The summed E-state index contributed by atoms with van der Waals surface area (Å²) in [6.07, 6.45) is -1.04. The van der Waals surface area contributed by atoms with Gasteiger partial charge in [-0.25, -0.2) is 0 Å². The minimum Gasteiger partial charge on any atom is -0.508 e.